The van der Waals surface area contributed by atoms with Crippen LogP contribution < -0.4 is 0 Å². The van der Waals surface area contributed by atoms with Gasteiger partial charge in [-0.05, 0) is 6.07 Å². The molecule has 112 valence electrons. The maximum Gasteiger partial charge on any atom is 0.216 e. The standard InChI is InChI=1S/C13H18FNO4S/c1-18-8-9-20(16,17)15-6-7-19-13(10-15)11-4-2-3-5-12(11)14/h2-5,13H,6-10H2,1H3. The van der Waals surface area contributed by atoms with Crippen LogP contribution in [0.3, 0.4) is 0 Å². The van der Waals surface area contributed by atoms with Crippen molar-refractivity contribution >= 4 is 10.0 Å². The highest BCUT2D eigenvalue weighted by Gasteiger charge is 2.31. The van der Waals surface area contributed by atoms with Crippen LogP contribution in [0.25, 0.3) is 0 Å². The van der Waals surface area contributed by atoms with Gasteiger partial charge in [0.2, 0.25) is 10.0 Å². The van der Waals surface area contributed by atoms with E-state index in [2.05, 4.69) is 0 Å². The fourth-order valence-electron chi connectivity index (χ4n) is 2.12. The molecule has 1 atom stereocenters. The van der Waals surface area contributed by atoms with Crippen LogP contribution in [0, 0.1) is 5.82 Å². The second kappa shape index (κ2) is 6.62. The van der Waals surface area contributed by atoms with Gasteiger partial charge in [0.15, 0.2) is 0 Å². The molecule has 1 aromatic carbocycles. The smallest absolute Gasteiger partial charge is 0.216 e. The van der Waals surface area contributed by atoms with Crippen molar-refractivity contribution in [2.75, 3.05) is 39.2 Å². The summed E-state index contributed by atoms with van der Waals surface area (Å²) in [5.41, 5.74) is 0.388. The zero-order valence-electron chi connectivity index (χ0n) is 11.3. The van der Waals surface area contributed by atoms with E-state index in [1.807, 2.05) is 0 Å². The minimum absolute atomic E-state index is 0.0759. The predicted molar refractivity (Wildman–Crippen MR) is 72.3 cm³/mol. The number of benzene rings is 1. The summed E-state index contributed by atoms with van der Waals surface area (Å²) < 4.78 is 49.6. The van der Waals surface area contributed by atoms with Crippen LogP contribution >= 0.6 is 0 Å². The lowest BCUT2D eigenvalue weighted by atomic mass is 10.1. The lowest BCUT2D eigenvalue weighted by molar-refractivity contribution is -0.00455. The van der Waals surface area contributed by atoms with Crippen molar-refractivity contribution in [3.8, 4) is 0 Å². The summed E-state index contributed by atoms with van der Waals surface area (Å²) in [5.74, 6) is -0.457. The van der Waals surface area contributed by atoms with Crippen LogP contribution in [0.2, 0.25) is 0 Å². The molecule has 5 nitrogen and oxygen atoms in total. The minimum atomic E-state index is -3.39. The first-order valence-electron chi connectivity index (χ1n) is 6.37. The van der Waals surface area contributed by atoms with Gasteiger partial charge in [-0.15, -0.1) is 0 Å². The number of nitrogens with zero attached hydrogens (tertiary/aromatic N) is 1. The molecule has 1 aliphatic rings. The third-order valence-corrected chi connectivity index (χ3v) is 5.02. The Bertz CT molecular complexity index is 549. The molecule has 1 unspecified atom stereocenters. The molecule has 1 aliphatic heterocycles. The Morgan fingerprint density at radius 3 is 2.90 bits per heavy atom. The van der Waals surface area contributed by atoms with Crippen molar-refractivity contribution in [3.05, 3.63) is 35.6 Å². The summed E-state index contributed by atoms with van der Waals surface area (Å²) in [4.78, 5) is 0. The molecule has 1 fully saturated rings. The summed E-state index contributed by atoms with van der Waals surface area (Å²) in [6.07, 6.45) is -0.567. The molecule has 1 aromatic rings. The number of hydrogen-bond acceptors (Lipinski definition) is 4. The number of halogens is 1. The second-order valence-electron chi connectivity index (χ2n) is 4.55. The van der Waals surface area contributed by atoms with Gasteiger partial charge in [-0.3, -0.25) is 0 Å². The molecular weight excluding hydrogens is 285 g/mol. The van der Waals surface area contributed by atoms with E-state index in [1.165, 1.54) is 17.5 Å². The Labute approximate surface area is 118 Å². The number of rotatable bonds is 5. The molecule has 0 aliphatic carbocycles. The molecule has 20 heavy (non-hydrogen) atoms. The van der Waals surface area contributed by atoms with Crippen molar-refractivity contribution in [2.45, 2.75) is 6.10 Å². The lowest BCUT2D eigenvalue weighted by Crippen LogP contribution is -2.43. The number of morpholine rings is 1. The molecule has 0 saturated carbocycles. The monoisotopic (exact) mass is 303 g/mol. The molecule has 0 amide bonds. The van der Waals surface area contributed by atoms with Gasteiger partial charge in [-0.2, -0.15) is 4.31 Å². The number of hydrogen-bond donors (Lipinski definition) is 0. The largest absolute Gasteiger partial charge is 0.384 e. The van der Waals surface area contributed by atoms with E-state index in [1.54, 1.807) is 18.2 Å². The quantitative estimate of drug-likeness (QED) is 0.819. The maximum absolute atomic E-state index is 13.7. The van der Waals surface area contributed by atoms with Crippen LogP contribution in [0.5, 0.6) is 0 Å². The topological polar surface area (TPSA) is 55.8 Å². The average molecular weight is 303 g/mol. The zero-order chi connectivity index (χ0) is 14.6. The normalized spacial score (nSPS) is 21.0. The van der Waals surface area contributed by atoms with Crippen molar-refractivity contribution < 1.29 is 22.3 Å². The Balaban J connectivity index is 2.11. The summed E-state index contributed by atoms with van der Waals surface area (Å²) in [7, 11) is -1.94. The average Bonchev–Trinajstić information content (AvgIpc) is 2.46. The molecule has 0 N–H and O–H groups in total. The molecule has 0 spiro atoms. The fourth-order valence-corrected chi connectivity index (χ4v) is 3.47. The second-order valence-corrected chi connectivity index (χ2v) is 6.64. The van der Waals surface area contributed by atoms with Gasteiger partial charge in [-0.25, -0.2) is 12.8 Å². The van der Waals surface area contributed by atoms with Crippen molar-refractivity contribution in [1.29, 1.82) is 0 Å². The van der Waals surface area contributed by atoms with E-state index in [0.29, 0.717) is 5.56 Å². The first kappa shape index (κ1) is 15.4. The van der Waals surface area contributed by atoms with Crippen molar-refractivity contribution in [1.82, 2.24) is 4.31 Å². The molecule has 0 bridgehead atoms. The van der Waals surface area contributed by atoms with Gasteiger partial charge in [0, 0.05) is 25.8 Å². The highest BCUT2D eigenvalue weighted by molar-refractivity contribution is 7.89. The first-order valence-corrected chi connectivity index (χ1v) is 7.98. The predicted octanol–water partition coefficient (Wildman–Crippen LogP) is 1.18. The highest BCUT2D eigenvalue weighted by atomic mass is 32.2. The summed E-state index contributed by atoms with van der Waals surface area (Å²) in [5, 5.41) is 0. The SMILES string of the molecule is COCCS(=O)(=O)N1CCOC(c2ccccc2F)C1. The molecular formula is C13H18FNO4S. The van der Waals surface area contributed by atoms with Crippen LogP contribution in [-0.4, -0.2) is 51.9 Å². The van der Waals surface area contributed by atoms with Crippen LogP contribution in [-0.2, 0) is 19.5 Å². The minimum Gasteiger partial charge on any atom is -0.384 e. The van der Waals surface area contributed by atoms with Crippen LogP contribution in [0.15, 0.2) is 24.3 Å². The van der Waals surface area contributed by atoms with E-state index >= 15 is 0 Å². The molecule has 0 aromatic heterocycles. The van der Waals surface area contributed by atoms with Gasteiger partial charge < -0.3 is 9.47 Å². The van der Waals surface area contributed by atoms with Crippen molar-refractivity contribution in [3.63, 3.8) is 0 Å². The summed E-state index contributed by atoms with van der Waals surface area (Å²) >= 11 is 0. The summed E-state index contributed by atoms with van der Waals surface area (Å²) in [6, 6.07) is 6.26. The fraction of sp³-hybridized carbons (Fsp3) is 0.538. The number of ether oxygens (including phenoxy) is 2. The van der Waals surface area contributed by atoms with Crippen LogP contribution in [0.4, 0.5) is 4.39 Å². The first-order chi connectivity index (χ1) is 9.54. The third kappa shape index (κ3) is 3.54. The molecule has 7 heteroatoms. The Hall–Kier alpha value is -1.02. The maximum atomic E-state index is 13.7. The van der Waals surface area contributed by atoms with Gasteiger partial charge >= 0.3 is 0 Å². The van der Waals surface area contributed by atoms with Crippen LogP contribution in [0.1, 0.15) is 11.7 Å². The molecule has 1 heterocycles. The third-order valence-electron chi connectivity index (χ3n) is 3.22. The zero-order valence-corrected chi connectivity index (χ0v) is 12.1. The van der Waals surface area contributed by atoms with Crippen molar-refractivity contribution in [2.24, 2.45) is 0 Å². The van der Waals surface area contributed by atoms with Gasteiger partial charge in [0.05, 0.1) is 25.1 Å². The van der Waals surface area contributed by atoms with E-state index in [4.69, 9.17) is 9.47 Å². The van der Waals surface area contributed by atoms with Gasteiger partial charge in [0.1, 0.15) is 5.82 Å². The van der Waals surface area contributed by atoms with E-state index < -0.39 is 16.1 Å². The summed E-state index contributed by atoms with van der Waals surface area (Å²) in [6.45, 7) is 0.819. The Kier molecular flexibility index (Phi) is 5.09. The van der Waals surface area contributed by atoms with E-state index in [9.17, 15) is 12.8 Å². The number of methoxy groups -OCH3 is 1. The highest BCUT2D eigenvalue weighted by Crippen LogP contribution is 2.25. The molecule has 2 rings (SSSR count). The van der Waals surface area contributed by atoms with E-state index in [-0.39, 0.29) is 37.9 Å². The van der Waals surface area contributed by atoms with E-state index in [0.717, 1.165) is 0 Å². The molecule has 1 saturated heterocycles. The van der Waals surface area contributed by atoms with Gasteiger partial charge in [-0.1, -0.05) is 18.2 Å². The number of sulfonamides is 1. The lowest BCUT2D eigenvalue weighted by Gasteiger charge is -2.32. The molecule has 0 radical (unpaired) electrons. The Morgan fingerprint density at radius 1 is 1.45 bits per heavy atom. The van der Waals surface area contributed by atoms with Gasteiger partial charge in [0.25, 0.3) is 0 Å². The Morgan fingerprint density at radius 2 is 2.20 bits per heavy atom.